The molecule has 0 aliphatic heterocycles. The molecule has 2 aromatic rings. The van der Waals surface area contributed by atoms with Gasteiger partial charge in [0.1, 0.15) is 10.6 Å². The van der Waals surface area contributed by atoms with E-state index in [0.29, 0.717) is 16.2 Å². The first kappa shape index (κ1) is 15.6. The number of nitrogens with zero attached hydrogens (tertiary/aromatic N) is 2. The second-order valence-corrected chi connectivity index (χ2v) is 6.95. The topological polar surface area (TPSA) is 52.1 Å². The molecule has 0 N–H and O–H groups in total. The molecule has 1 heterocycles. The summed E-state index contributed by atoms with van der Waals surface area (Å²) in [4.78, 5) is 13.4. The molecule has 4 nitrogen and oxygen atoms in total. The van der Waals surface area contributed by atoms with Gasteiger partial charge >= 0.3 is 0 Å². The highest BCUT2D eigenvalue weighted by atomic mass is 32.1. The summed E-state index contributed by atoms with van der Waals surface area (Å²) < 4.78 is 9.69. The molecule has 1 aromatic heterocycles. The first-order valence-electron chi connectivity index (χ1n) is 6.94. The van der Waals surface area contributed by atoms with Gasteiger partial charge in [0, 0.05) is 5.41 Å². The van der Waals surface area contributed by atoms with Gasteiger partial charge in [-0.05, 0) is 37.5 Å². The first-order chi connectivity index (χ1) is 9.80. The van der Waals surface area contributed by atoms with Crippen LogP contribution in [0, 0.1) is 0 Å². The van der Waals surface area contributed by atoms with Crippen molar-refractivity contribution in [3.8, 4) is 5.75 Å². The first-order valence-corrected chi connectivity index (χ1v) is 7.71. The summed E-state index contributed by atoms with van der Waals surface area (Å²) in [5, 5.41) is 4.13. The highest BCUT2D eigenvalue weighted by Gasteiger charge is 2.28. The Hall–Kier alpha value is -1.75. The van der Waals surface area contributed by atoms with Gasteiger partial charge < -0.3 is 4.74 Å². The third kappa shape index (κ3) is 3.47. The second-order valence-electron chi connectivity index (χ2n) is 6.19. The maximum Gasteiger partial charge on any atom is 0.210 e. The van der Waals surface area contributed by atoms with Crippen LogP contribution in [0.3, 0.4) is 0 Å². The van der Waals surface area contributed by atoms with Crippen LogP contribution in [0.2, 0.25) is 0 Å². The summed E-state index contributed by atoms with van der Waals surface area (Å²) in [6.45, 7) is 9.96. The summed E-state index contributed by atoms with van der Waals surface area (Å²) >= 11 is 1.14. The molecule has 0 radical (unpaired) electrons. The molecule has 5 heteroatoms. The van der Waals surface area contributed by atoms with E-state index < -0.39 is 0 Å². The normalized spacial score (nSPS) is 11.7. The number of benzene rings is 1. The van der Waals surface area contributed by atoms with Crippen molar-refractivity contribution in [2.45, 2.75) is 46.1 Å². The zero-order valence-electron chi connectivity index (χ0n) is 13.0. The number of aromatic nitrogens is 2. The minimum atomic E-state index is -0.216. The van der Waals surface area contributed by atoms with Gasteiger partial charge in [0.25, 0.3) is 0 Å². The SMILES string of the molecule is CC(C)Oc1ccccc1C(=O)c1snnc1C(C)(C)C. The Labute approximate surface area is 129 Å². The molecular weight excluding hydrogens is 284 g/mol. The van der Waals surface area contributed by atoms with Crippen LogP contribution >= 0.6 is 11.5 Å². The summed E-state index contributed by atoms with van der Waals surface area (Å²) in [6.07, 6.45) is 0.0145. The third-order valence-electron chi connectivity index (χ3n) is 2.90. The van der Waals surface area contributed by atoms with E-state index in [4.69, 9.17) is 4.74 Å². The maximum atomic E-state index is 12.8. The van der Waals surface area contributed by atoms with Crippen LogP contribution in [-0.4, -0.2) is 21.5 Å². The van der Waals surface area contributed by atoms with Gasteiger partial charge in [0.15, 0.2) is 0 Å². The van der Waals surface area contributed by atoms with Gasteiger partial charge in [0.2, 0.25) is 5.78 Å². The maximum absolute atomic E-state index is 12.8. The fourth-order valence-electron chi connectivity index (χ4n) is 1.96. The highest BCUT2D eigenvalue weighted by molar-refractivity contribution is 7.08. The van der Waals surface area contributed by atoms with E-state index in [-0.39, 0.29) is 17.3 Å². The minimum absolute atomic E-state index is 0.0145. The Morgan fingerprint density at radius 2 is 1.90 bits per heavy atom. The summed E-state index contributed by atoms with van der Waals surface area (Å²) in [5.74, 6) is 0.525. The number of ether oxygens (including phenoxy) is 1. The predicted octanol–water partition coefficient (Wildman–Crippen LogP) is 3.85. The van der Waals surface area contributed by atoms with Crippen molar-refractivity contribution in [3.05, 3.63) is 40.4 Å². The van der Waals surface area contributed by atoms with Crippen molar-refractivity contribution in [2.75, 3.05) is 0 Å². The summed E-state index contributed by atoms with van der Waals surface area (Å²) in [7, 11) is 0. The molecule has 0 aliphatic rings. The third-order valence-corrected chi connectivity index (χ3v) is 3.62. The molecule has 0 aliphatic carbocycles. The van der Waals surface area contributed by atoms with E-state index in [0.717, 1.165) is 17.2 Å². The number of para-hydroxylation sites is 1. The molecule has 0 spiro atoms. The molecule has 0 amide bonds. The van der Waals surface area contributed by atoms with Crippen molar-refractivity contribution < 1.29 is 9.53 Å². The lowest BCUT2D eigenvalue weighted by molar-refractivity contribution is 0.103. The van der Waals surface area contributed by atoms with Gasteiger partial charge in [-0.3, -0.25) is 4.79 Å². The van der Waals surface area contributed by atoms with Crippen LogP contribution in [0.5, 0.6) is 5.75 Å². The Morgan fingerprint density at radius 1 is 1.24 bits per heavy atom. The zero-order chi connectivity index (χ0) is 15.6. The quantitative estimate of drug-likeness (QED) is 0.805. The highest BCUT2D eigenvalue weighted by Crippen LogP contribution is 2.30. The number of carbonyl (C=O) groups excluding carboxylic acids is 1. The van der Waals surface area contributed by atoms with E-state index in [1.54, 1.807) is 6.07 Å². The Bertz CT molecular complexity index is 642. The van der Waals surface area contributed by atoms with Gasteiger partial charge in [-0.1, -0.05) is 37.4 Å². The van der Waals surface area contributed by atoms with Crippen molar-refractivity contribution in [1.29, 1.82) is 0 Å². The molecule has 2 rings (SSSR count). The molecule has 0 fully saturated rings. The summed E-state index contributed by atoms with van der Waals surface area (Å²) in [5.41, 5.74) is 1.07. The van der Waals surface area contributed by atoms with Crippen LogP contribution in [0.1, 0.15) is 55.5 Å². The van der Waals surface area contributed by atoms with E-state index in [2.05, 4.69) is 9.59 Å². The van der Waals surface area contributed by atoms with E-state index in [1.807, 2.05) is 52.8 Å². The monoisotopic (exact) mass is 304 g/mol. The van der Waals surface area contributed by atoms with Crippen LogP contribution in [0.4, 0.5) is 0 Å². The lowest BCUT2D eigenvalue weighted by Crippen LogP contribution is -2.17. The standard InChI is InChI=1S/C16H20N2O2S/c1-10(2)20-12-9-7-6-8-11(12)13(19)14-15(16(3,4)5)17-18-21-14/h6-10H,1-5H3. The van der Waals surface area contributed by atoms with Crippen molar-refractivity contribution >= 4 is 17.3 Å². The molecule has 0 saturated carbocycles. The Kier molecular flexibility index (Phi) is 4.42. The number of ketones is 1. The zero-order valence-corrected chi connectivity index (χ0v) is 13.8. The van der Waals surface area contributed by atoms with E-state index >= 15 is 0 Å². The van der Waals surface area contributed by atoms with Crippen LogP contribution in [0.15, 0.2) is 24.3 Å². The van der Waals surface area contributed by atoms with Crippen LogP contribution in [-0.2, 0) is 5.41 Å². The predicted molar refractivity (Wildman–Crippen MR) is 84.2 cm³/mol. The lowest BCUT2D eigenvalue weighted by atomic mass is 9.90. The molecule has 0 bridgehead atoms. The van der Waals surface area contributed by atoms with Gasteiger partial charge in [-0.2, -0.15) is 0 Å². The average Bonchev–Trinajstić information content (AvgIpc) is 2.87. The van der Waals surface area contributed by atoms with E-state index in [9.17, 15) is 4.79 Å². The average molecular weight is 304 g/mol. The molecular formula is C16H20N2O2S. The lowest BCUT2D eigenvalue weighted by Gasteiger charge is -2.17. The Balaban J connectivity index is 2.44. The molecule has 0 unspecified atom stereocenters. The molecule has 21 heavy (non-hydrogen) atoms. The smallest absolute Gasteiger partial charge is 0.210 e. The number of hydrogen-bond donors (Lipinski definition) is 0. The van der Waals surface area contributed by atoms with Gasteiger partial charge in [0.05, 0.1) is 17.4 Å². The van der Waals surface area contributed by atoms with Crippen molar-refractivity contribution in [1.82, 2.24) is 9.59 Å². The molecule has 112 valence electrons. The molecule has 0 saturated heterocycles. The van der Waals surface area contributed by atoms with Crippen LogP contribution in [0.25, 0.3) is 0 Å². The van der Waals surface area contributed by atoms with Gasteiger partial charge in [-0.15, -0.1) is 5.10 Å². The number of rotatable bonds is 4. The molecule has 1 aromatic carbocycles. The largest absolute Gasteiger partial charge is 0.490 e. The Morgan fingerprint density at radius 3 is 2.52 bits per heavy atom. The van der Waals surface area contributed by atoms with Crippen molar-refractivity contribution in [3.63, 3.8) is 0 Å². The number of hydrogen-bond acceptors (Lipinski definition) is 5. The second kappa shape index (κ2) is 5.93. The summed E-state index contributed by atoms with van der Waals surface area (Å²) in [6, 6.07) is 7.31. The van der Waals surface area contributed by atoms with E-state index in [1.165, 1.54) is 0 Å². The molecule has 0 atom stereocenters. The fraction of sp³-hybridized carbons (Fsp3) is 0.438. The van der Waals surface area contributed by atoms with Crippen LogP contribution < -0.4 is 4.74 Å². The fourth-order valence-corrected chi connectivity index (χ4v) is 2.79. The van der Waals surface area contributed by atoms with Gasteiger partial charge in [-0.25, -0.2) is 0 Å². The number of carbonyl (C=O) groups is 1. The van der Waals surface area contributed by atoms with Crippen molar-refractivity contribution in [2.24, 2.45) is 0 Å². The minimum Gasteiger partial charge on any atom is -0.490 e.